The summed E-state index contributed by atoms with van der Waals surface area (Å²) < 4.78 is 15.3. The van der Waals surface area contributed by atoms with E-state index in [4.69, 9.17) is 5.11 Å². The van der Waals surface area contributed by atoms with Gasteiger partial charge in [-0.3, -0.25) is 4.68 Å². The Morgan fingerprint density at radius 1 is 1.47 bits per heavy atom. The lowest BCUT2D eigenvalue weighted by atomic mass is 10.1. The number of rotatable bonds is 4. The van der Waals surface area contributed by atoms with Crippen LogP contribution in [-0.4, -0.2) is 20.9 Å². The number of carboxylic acid groups (broad SMARTS) is 1. The van der Waals surface area contributed by atoms with Gasteiger partial charge in [0, 0.05) is 12.8 Å². The number of thioether (sulfide) groups is 1. The van der Waals surface area contributed by atoms with Crippen molar-refractivity contribution in [1.82, 2.24) is 9.78 Å². The molecular weight excluding hydrogens is 267 g/mol. The molecule has 2 rings (SSSR count). The van der Waals surface area contributed by atoms with Crippen LogP contribution < -0.4 is 0 Å². The zero-order valence-corrected chi connectivity index (χ0v) is 11.4. The predicted molar refractivity (Wildman–Crippen MR) is 70.9 cm³/mol. The lowest BCUT2D eigenvalue weighted by Crippen LogP contribution is -2.01. The van der Waals surface area contributed by atoms with Crippen molar-refractivity contribution in [1.29, 1.82) is 0 Å². The first-order chi connectivity index (χ1) is 8.97. The first-order valence-corrected chi connectivity index (χ1v) is 6.61. The van der Waals surface area contributed by atoms with Crippen LogP contribution in [-0.2, 0) is 12.8 Å². The van der Waals surface area contributed by atoms with E-state index in [1.165, 1.54) is 23.9 Å². The van der Waals surface area contributed by atoms with Crippen LogP contribution in [0.25, 0.3) is 0 Å². The fraction of sp³-hybridized carbons (Fsp3) is 0.231. The minimum Gasteiger partial charge on any atom is -0.478 e. The molecule has 0 bridgehead atoms. The average Bonchev–Trinajstić information content (AvgIpc) is 2.65. The van der Waals surface area contributed by atoms with E-state index in [9.17, 15) is 9.18 Å². The minimum atomic E-state index is -1.25. The van der Waals surface area contributed by atoms with Crippen molar-refractivity contribution in [2.45, 2.75) is 17.7 Å². The number of aryl methyl sites for hydroxylation is 2. The van der Waals surface area contributed by atoms with E-state index in [2.05, 4.69) is 5.10 Å². The van der Waals surface area contributed by atoms with Gasteiger partial charge in [-0.15, -0.1) is 11.8 Å². The number of nitrogens with zero attached hydrogens (tertiary/aromatic N) is 2. The summed E-state index contributed by atoms with van der Waals surface area (Å²) in [7, 11) is 1.85. The third-order valence-electron chi connectivity index (χ3n) is 2.61. The van der Waals surface area contributed by atoms with E-state index in [-0.39, 0.29) is 5.56 Å². The van der Waals surface area contributed by atoms with E-state index in [1.54, 1.807) is 10.7 Å². The molecule has 0 unspecified atom stereocenters. The maximum absolute atomic E-state index is 13.5. The average molecular weight is 280 g/mol. The number of hydrogen-bond acceptors (Lipinski definition) is 3. The summed E-state index contributed by atoms with van der Waals surface area (Å²) in [5, 5.41) is 14.0. The Hall–Kier alpha value is -1.82. The van der Waals surface area contributed by atoms with Crippen molar-refractivity contribution in [2.24, 2.45) is 7.05 Å². The molecule has 100 valence electrons. The van der Waals surface area contributed by atoms with Gasteiger partial charge >= 0.3 is 5.97 Å². The standard InChI is InChI=1S/C13H13FN2O2S/c1-8-5-12(16(2)15-8)19-7-9-3-4-10(13(17)18)11(14)6-9/h3-6H,7H2,1-2H3,(H,17,18). The van der Waals surface area contributed by atoms with Gasteiger partial charge in [-0.1, -0.05) is 6.07 Å². The Labute approximate surface area is 114 Å². The number of benzene rings is 1. The quantitative estimate of drug-likeness (QED) is 0.875. The van der Waals surface area contributed by atoms with E-state index in [0.717, 1.165) is 16.3 Å². The van der Waals surface area contributed by atoms with Crippen LogP contribution in [0, 0.1) is 12.7 Å². The number of halogens is 1. The largest absolute Gasteiger partial charge is 0.478 e. The van der Waals surface area contributed by atoms with Crippen molar-refractivity contribution in [3.8, 4) is 0 Å². The van der Waals surface area contributed by atoms with Gasteiger partial charge in [-0.2, -0.15) is 5.10 Å². The topological polar surface area (TPSA) is 55.1 Å². The van der Waals surface area contributed by atoms with Gasteiger partial charge in [0.2, 0.25) is 0 Å². The Morgan fingerprint density at radius 2 is 2.21 bits per heavy atom. The normalized spacial score (nSPS) is 10.7. The van der Waals surface area contributed by atoms with Gasteiger partial charge in [-0.25, -0.2) is 9.18 Å². The molecule has 1 N–H and O–H groups in total. The maximum Gasteiger partial charge on any atom is 0.338 e. The lowest BCUT2D eigenvalue weighted by molar-refractivity contribution is 0.0692. The molecule has 0 fully saturated rings. The monoisotopic (exact) mass is 280 g/mol. The Balaban J connectivity index is 2.10. The zero-order valence-electron chi connectivity index (χ0n) is 10.6. The minimum absolute atomic E-state index is 0.301. The zero-order chi connectivity index (χ0) is 14.0. The second-order valence-electron chi connectivity index (χ2n) is 4.16. The molecule has 1 aromatic carbocycles. The molecular formula is C13H13FN2O2S. The molecule has 6 heteroatoms. The molecule has 1 heterocycles. The van der Waals surface area contributed by atoms with Gasteiger partial charge in [0.15, 0.2) is 0 Å². The summed E-state index contributed by atoms with van der Waals surface area (Å²) in [5.74, 6) is -1.39. The van der Waals surface area contributed by atoms with Crippen LogP contribution in [0.2, 0.25) is 0 Å². The molecule has 0 saturated carbocycles. The summed E-state index contributed by atoms with van der Waals surface area (Å²) in [6.45, 7) is 1.91. The van der Waals surface area contributed by atoms with E-state index in [1.807, 2.05) is 20.0 Å². The third-order valence-corrected chi connectivity index (χ3v) is 3.77. The molecule has 0 saturated heterocycles. The molecule has 0 spiro atoms. The first-order valence-electron chi connectivity index (χ1n) is 5.62. The first kappa shape index (κ1) is 13.6. The number of carboxylic acids is 1. The third kappa shape index (κ3) is 3.14. The Kier molecular flexibility index (Phi) is 3.90. The summed E-state index contributed by atoms with van der Waals surface area (Å²) in [6.07, 6.45) is 0. The Morgan fingerprint density at radius 3 is 2.74 bits per heavy atom. The van der Waals surface area contributed by atoms with Gasteiger partial charge in [0.05, 0.1) is 16.3 Å². The van der Waals surface area contributed by atoms with Crippen molar-refractivity contribution in [3.05, 3.63) is 46.9 Å². The van der Waals surface area contributed by atoms with Crippen molar-refractivity contribution < 1.29 is 14.3 Å². The number of hydrogen-bond donors (Lipinski definition) is 1. The molecule has 0 radical (unpaired) electrons. The molecule has 0 aliphatic carbocycles. The summed E-state index contributed by atoms with van der Waals surface area (Å²) in [5.41, 5.74) is 1.37. The van der Waals surface area contributed by atoms with Gasteiger partial charge in [0.1, 0.15) is 5.82 Å². The van der Waals surface area contributed by atoms with Gasteiger partial charge in [0.25, 0.3) is 0 Å². The predicted octanol–water partition coefficient (Wildman–Crippen LogP) is 2.86. The van der Waals surface area contributed by atoms with Crippen LogP contribution in [0.1, 0.15) is 21.6 Å². The second-order valence-corrected chi connectivity index (χ2v) is 5.15. The highest BCUT2D eigenvalue weighted by Gasteiger charge is 2.11. The van der Waals surface area contributed by atoms with Crippen LogP contribution >= 0.6 is 11.8 Å². The van der Waals surface area contributed by atoms with Crippen LogP contribution in [0.5, 0.6) is 0 Å². The molecule has 4 nitrogen and oxygen atoms in total. The molecule has 19 heavy (non-hydrogen) atoms. The van der Waals surface area contributed by atoms with Crippen molar-refractivity contribution >= 4 is 17.7 Å². The number of aromatic carboxylic acids is 1. The summed E-state index contributed by atoms with van der Waals surface area (Å²) >= 11 is 1.53. The molecule has 0 atom stereocenters. The van der Waals surface area contributed by atoms with Crippen LogP contribution in [0.4, 0.5) is 4.39 Å². The van der Waals surface area contributed by atoms with Crippen LogP contribution in [0.3, 0.4) is 0 Å². The lowest BCUT2D eigenvalue weighted by Gasteiger charge is -2.04. The smallest absolute Gasteiger partial charge is 0.338 e. The van der Waals surface area contributed by atoms with Crippen molar-refractivity contribution in [3.63, 3.8) is 0 Å². The Bertz CT molecular complexity index is 625. The molecule has 0 aliphatic rings. The number of carbonyl (C=O) groups is 1. The van der Waals surface area contributed by atoms with E-state index in [0.29, 0.717) is 5.75 Å². The van der Waals surface area contributed by atoms with Crippen molar-refractivity contribution in [2.75, 3.05) is 0 Å². The van der Waals surface area contributed by atoms with Gasteiger partial charge in [-0.05, 0) is 30.7 Å². The second kappa shape index (κ2) is 5.44. The fourth-order valence-corrected chi connectivity index (χ4v) is 2.68. The summed E-state index contributed by atoms with van der Waals surface area (Å²) in [6, 6.07) is 6.14. The fourth-order valence-electron chi connectivity index (χ4n) is 1.70. The highest BCUT2D eigenvalue weighted by Crippen LogP contribution is 2.24. The highest BCUT2D eigenvalue weighted by atomic mass is 32.2. The molecule has 2 aromatic rings. The van der Waals surface area contributed by atoms with E-state index >= 15 is 0 Å². The molecule has 1 aromatic heterocycles. The number of aromatic nitrogens is 2. The highest BCUT2D eigenvalue weighted by molar-refractivity contribution is 7.98. The summed E-state index contributed by atoms with van der Waals surface area (Å²) in [4.78, 5) is 10.7. The molecule has 0 amide bonds. The van der Waals surface area contributed by atoms with Gasteiger partial charge < -0.3 is 5.11 Å². The molecule has 0 aliphatic heterocycles. The maximum atomic E-state index is 13.5. The van der Waals surface area contributed by atoms with E-state index < -0.39 is 11.8 Å². The van der Waals surface area contributed by atoms with Crippen LogP contribution in [0.15, 0.2) is 29.3 Å². The SMILES string of the molecule is Cc1cc(SCc2ccc(C(=O)O)c(F)c2)n(C)n1.